The molecule has 0 spiro atoms. The van der Waals surface area contributed by atoms with Gasteiger partial charge in [0.1, 0.15) is 49.4 Å². The molecule has 0 N–H and O–H groups in total. The summed E-state index contributed by atoms with van der Waals surface area (Å²) >= 11 is 0. The molecule has 0 radical (unpaired) electrons. The van der Waals surface area contributed by atoms with Gasteiger partial charge in [-0.15, -0.1) is 20.5 Å². The number of hydrogen-bond donors (Lipinski definition) is 0. The van der Waals surface area contributed by atoms with Crippen LogP contribution in [-0.4, -0.2) is 38.8 Å². The van der Waals surface area contributed by atoms with Gasteiger partial charge in [0.2, 0.25) is 0 Å². The summed E-state index contributed by atoms with van der Waals surface area (Å²) < 4.78 is 100. The molecule has 5 rings (SSSR count). The lowest BCUT2D eigenvalue weighted by atomic mass is 10.0. The molecule has 210 valence electrons. The standard InChI is InChI=1S/C26H20F6N4O4/c27-25(28,29)23(33-34-23)17-1-5-19(6-2-17)37-13-15-39-21-9-11-22(12-10-21)40-16-14-38-20-7-3-18(4-8-20)24(35-36-24)26(30,31)32/h1-12H,13-16H2. The van der Waals surface area contributed by atoms with Gasteiger partial charge in [-0.05, 0) is 48.5 Å². The quantitative estimate of drug-likeness (QED) is 0.175. The number of hydrogen-bond acceptors (Lipinski definition) is 8. The third-order valence-corrected chi connectivity index (χ3v) is 5.97. The number of benzene rings is 3. The van der Waals surface area contributed by atoms with E-state index in [9.17, 15) is 26.3 Å². The van der Waals surface area contributed by atoms with Crippen LogP contribution in [-0.2, 0) is 11.3 Å². The number of halogens is 6. The summed E-state index contributed by atoms with van der Waals surface area (Å²) in [6, 6.07) is 17.5. The van der Waals surface area contributed by atoms with Gasteiger partial charge in [0.25, 0.3) is 0 Å². The van der Waals surface area contributed by atoms with Crippen LogP contribution in [0, 0.1) is 0 Å². The number of alkyl halides is 6. The van der Waals surface area contributed by atoms with Gasteiger partial charge in [0.15, 0.2) is 0 Å². The first-order chi connectivity index (χ1) is 19.0. The summed E-state index contributed by atoms with van der Waals surface area (Å²) in [5, 5.41) is 12.6. The van der Waals surface area contributed by atoms with Gasteiger partial charge in [0, 0.05) is 11.1 Å². The van der Waals surface area contributed by atoms with Gasteiger partial charge in [-0.2, -0.15) is 26.3 Å². The topological polar surface area (TPSA) is 86.4 Å². The lowest BCUT2D eigenvalue weighted by Crippen LogP contribution is -2.29. The second kappa shape index (κ2) is 10.3. The first-order valence-corrected chi connectivity index (χ1v) is 11.9. The summed E-state index contributed by atoms with van der Waals surface area (Å²) in [6.07, 6.45) is -9.16. The Bertz CT molecular complexity index is 1260. The van der Waals surface area contributed by atoms with E-state index in [0.717, 1.165) is 0 Å². The highest BCUT2D eigenvalue weighted by Gasteiger charge is 2.65. The third kappa shape index (κ3) is 5.65. The van der Waals surface area contributed by atoms with Crippen molar-refractivity contribution in [1.82, 2.24) is 0 Å². The average molecular weight is 566 g/mol. The zero-order chi connectivity index (χ0) is 28.4. The Morgan fingerprint density at radius 3 is 0.850 bits per heavy atom. The van der Waals surface area contributed by atoms with Crippen LogP contribution in [0.5, 0.6) is 23.0 Å². The van der Waals surface area contributed by atoms with Gasteiger partial charge in [0.05, 0.1) is 0 Å². The molecule has 2 heterocycles. The number of nitrogens with zero attached hydrogens (tertiary/aromatic N) is 4. The monoisotopic (exact) mass is 566 g/mol. The van der Waals surface area contributed by atoms with Crippen molar-refractivity contribution in [2.45, 2.75) is 23.7 Å². The molecule has 2 aliphatic rings. The first-order valence-electron chi connectivity index (χ1n) is 11.9. The van der Waals surface area contributed by atoms with Crippen molar-refractivity contribution in [3.8, 4) is 23.0 Å². The van der Waals surface area contributed by atoms with E-state index in [-0.39, 0.29) is 37.6 Å². The molecular weight excluding hydrogens is 546 g/mol. The van der Waals surface area contributed by atoms with Crippen LogP contribution in [0.1, 0.15) is 11.1 Å². The predicted molar refractivity (Wildman–Crippen MR) is 126 cm³/mol. The summed E-state index contributed by atoms with van der Waals surface area (Å²) in [5.74, 6) is 1.87. The van der Waals surface area contributed by atoms with Crippen molar-refractivity contribution < 1.29 is 45.3 Å². The smallest absolute Gasteiger partial charge is 0.442 e. The van der Waals surface area contributed by atoms with Crippen molar-refractivity contribution in [3.63, 3.8) is 0 Å². The fourth-order valence-electron chi connectivity index (χ4n) is 3.72. The highest BCUT2D eigenvalue weighted by atomic mass is 19.4. The molecule has 0 aliphatic carbocycles. The van der Waals surface area contributed by atoms with Gasteiger partial charge in [-0.3, -0.25) is 0 Å². The summed E-state index contributed by atoms with van der Waals surface area (Å²) in [7, 11) is 0. The van der Waals surface area contributed by atoms with Crippen LogP contribution >= 0.6 is 0 Å². The molecule has 0 bridgehead atoms. The Balaban J connectivity index is 0.983. The van der Waals surface area contributed by atoms with E-state index in [1.165, 1.54) is 48.5 Å². The Labute approximate surface area is 223 Å². The Kier molecular flexibility index (Phi) is 7.02. The van der Waals surface area contributed by atoms with E-state index in [2.05, 4.69) is 20.5 Å². The highest BCUT2D eigenvalue weighted by molar-refractivity contribution is 5.36. The molecule has 0 unspecified atom stereocenters. The maximum absolute atomic E-state index is 13.0. The fourth-order valence-corrected chi connectivity index (χ4v) is 3.72. The van der Waals surface area contributed by atoms with E-state index >= 15 is 0 Å². The van der Waals surface area contributed by atoms with Crippen LogP contribution in [0.3, 0.4) is 0 Å². The minimum atomic E-state index is -4.58. The maximum atomic E-state index is 13.0. The van der Waals surface area contributed by atoms with E-state index in [4.69, 9.17) is 18.9 Å². The Morgan fingerprint density at radius 2 is 0.650 bits per heavy atom. The van der Waals surface area contributed by atoms with Gasteiger partial charge in [-0.1, -0.05) is 24.3 Å². The minimum absolute atomic E-state index is 0.0735. The molecular formula is C26H20F6N4O4. The molecule has 0 amide bonds. The maximum Gasteiger partial charge on any atom is 0.442 e. The predicted octanol–water partition coefficient (Wildman–Crippen LogP) is 6.96. The van der Waals surface area contributed by atoms with Crippen LogP contribution < -0.4 is 18.9 Å². The van der Waals surface area contributed by atoms with Crippen LogP contribution in [0.2, 0.25) is 0 Å². The largest absolute Gasteiger partial charge is 0.490 e. The minimum Gasteiger partial charge on any atom is -0.490 e. The first kappa shape index (κ1) is 27.2. The molecule has 0 saturated heterocycles. The lowest BCUT2D eigenvalue weighted by molar-refractivity contribution is -0.166. The normalized spacial score (nSPS) is 16.4. The van der Waals surface area contributed by atoms with E-state index in [1.54, 1.807) is 24.3 Å². The molecule has 2 aliphatic heterocycles. The molecule has 8 nitrogen and oxygen atoms in total. The second-order valence-electron chi connectivity index (χ2n) is 8.65. The Morgan fingerprint density at radius 1 is 0.425 bits per heavy atom. The second-order valence-corrected chi connectivity index (χ2v) is 8.65. The molecule has 40 heavy (non-hydrogen) atoms. The highest BCUT2D eigenvalue weighted by Crippen LogP contribution is 2.53. The van der Waals surface area contributed by atoms with Crippen molar-refractivity contribution in [2.24, 2.45) is 20.5 Å². The SMILES string of the molecule is FC(F)(F)C1(c2ccc(OCCOc3ccc(OCCOc4ccc(C5(C(F)(F)F)N=N5)cc4)cc3)cc2)N=N1. The zero-order valence-electron chi connectivity index (χ0n) is 20.4. The van der Waals surface area contributed by atoms with Crippen molar-refractivity contribution >= 4 is 0 Å². The number of rotatable bonds is 12. The summed E-state index contributed by atoms with van der Waals surface area (Å²) in [6.45, 7) is 0.710. The third-order valence-electron chi connectivity index (χ3n) is 5.97. The van der Waals surface area contributed by atoms with Gasteiger partial charge in [-0.25, -0.2) is 0 Å². The fraction of sp³-hybridized carbons (Fsp3) is 0.308. The van der Waals surface area contributed by atoms with Crippen LogP contribution in [0.4, 0.5) is 26.3 Å². The van der Waals surface area contributed by atoms with Crippen molar-refractivity contribution in [3.05, 3.63) is 83.9 Å². The van der Waals surface area contributed by atoms with Crippen molar-refractivity contribution in [2.75, 3.05) is 26.4 Å². The number of ether oxygens (including phenoxy) is 4. The molecule has 14 heteroatoms. The van der Waals surface area contributed by atoms with Crippen molar-refractivity contribution in [1.29, 1.82) is 0 Å². The molecule has 3 aromatic rings. The van der Waals surface area contributed by atoms with Crippen LogP contribution in [0.25, 0.3) is 0 Å². The molecule has 0 fully saturated rings. The van der Waals surface area contributed by atoms with Gasteiger partial charge < -0.3 is 18.9 Å². The lowest BCUT2D eigenvalue weighted by Gasteiger charge is -2.15. The van der Waals surface area contributed by atoms with E-state index in [1.807, 2.05) is 0 Å². The molecule has 0 saturated carbocycles. The zero-order valence-corrected chi connectivity index (χ0v) is 20.4. The van der Waals surface area contributed by atoms with E-state index < -0.39 is 23.7 Å². The molecule has 3 aromatic carbocycles. The van der Waals surface area contributed by atoms with E-state index in [0.29, 0.717) is 23.0 Å². The van der Waals surface area contributed by atoms with Gasteiger partial charge >= 0.3 is 23.7 Å². The average Bonchev–Trinajstić information content (AvgIpc) is 3.84. The summed E-state index contributed by atoms with van der Waals surface area (Å²) in [5.41, 5.74) is -5.06. The van der Waals surface area contributed by atoms with Crippen LogP contribution in [0.15, 0.2) is 93.3 Å². The molecule has 0 atom stereocenters. The molecule has 0 aromatic heterocycles. The Hall–Kier alpha value is -4.36. The summed E-state index contributed by atoms with van der Waals surface area (Å²) in [4.78, 5) is 0.